The van der Waals surface area contributed by atoms with Gasteiger partial charge in [-0.05, 0) is 12.3 Å². The maximum absolute atomic E-state index is 10.9. The molecule has 0 heterocycles. The topological polar surface area (TPSA) is 54.4 Å². The minimum atomic E-state index is -0.806. The second-order valence-corrected chi connectivity index (χ2v) is 5.44. The predicted octanol–water partition coefficient (Wildman–Crippen LogP) is 2.40. The minimum Gasteiger partial charge on any atom is -0.481 e. The summed E-state index contributed by atoms with van der Waals surface area (Å²) in [5.41, 5.74) is 0. The van der Waals surface area contributed by atoms with Gasteiger partial charge in [-0.15, -0.1) is 0 Å². The summed E-state index contributed by atoms with van der Waals surface area (Å²) in [4.78, 5) is 21.8. The number of rotatable bonds is 5. The number of hydrogen-bond acceptors (Lipinski definition) is 3. The van der Waals surface area contributed by atoms with E-state index < -0.39 is 11.9 Å². The van der Waals surface area contributed by atoms with Gasteiger partial charge in [0.15, 0.2) is 5.12 Å². The van der Waals surface area contributed by atoms with Gasteiger partial charge < -0.3 is 5.11 Å². The highest BCUT2D eigenvalue weighted by atomic mass is 32.2. The number of carbonyl (C=O) groups excluding carboxylic acids is 1. The first kappa shape index (κ1) is 13.5. The highest BCUT2D eigenvalue weighted by Crippen LogP contribution is 2.25. The van der Waals surface area contributed by atoms with Crippen molar-refractivity contribution >= 4 is 22.8 Å². The summed E-state index contributed by atoms with van der Waals surface area (Å²) < 4.78 is 0. The van der Waals surface area contributed by atoms with E-state index in [1.165, 1.54) is 6.92 Å². The van der Waals surface area contributed by atoms with Crippen LogP contribution in [0.1, 0.15) is 34.1 Å². The van der Waals surface area contributed by atoms with E-state index in [0.29, 0.717) is 12.3 Å². The maximum Gasteiger partial charge on any atom is 0.307 e. The second kappa shape index (κ2) is 6.06. The molecule has 3 nitrogen and oxygen atoms in total. The Labute approximate surface area is 89.3 Å². The van der Waals surface area contributed by atoms with Gasteiger partial charge in [-0.25, -0.2) is 0 Å². The van der Waals surface area contributed by atoms with Crippen LogP contribution in [0.4, 0.5) is 0 Å². The Morgan fingerprint density at radius 2 is 1.79 bits per heavy atom. The quantitative estimate of drug-likeness (QED) is 0.770. The van der Waals surface area contributed by atoms with Crippen molar-refractivity contribution in [2.24, 2.45) is 11.8 Å². The molecule has 0 aliphatic rings. The Morgan fingerprint density at radius 1 is 1.29 bits per heavy atom. The summed E-state index contributed by atoms with van der Waals surface area (Å²) in [6.07, 6.45) is 0.622. The highest BCUT2D eigenvalue weighted by Gasteiger charge is 2.26. The molecule has 0 aromatic rings. The Balaban J connectivity index is 4.33. The first-order chi connectivity index (χ1) is 6.34. The van der Waals surface area contributed by atoms with Gasteiger partial charge >= 0.3 is 5.97 Å². The Hall–Kier alpha value is -0.510. The molecule has 0 aromatic heterocycles. The molecule has 0 bridgehead atoms. The molecule has 1 unspecified atom stereocenters. The number of carboxylic acid groups (broad SMARTS) is 1. The maximum atomic E-state index is 10.9. The number of hydrogen-bond donors (Lipinski definition) is 1. The van der Waals surface area contributed by atoms with Crippen molar-refractivity contribution in [1.29, 1.82) is 0 Å². The lowest BCUT2D eigenvalue weighted by molar-refractivity contribution is -0.142. The zero-order chi connectivity index (χ0) is 11.3. The van der Waals surface area contributed by atoms with Gasteiger partial charge in [0.2, 0.25) is 0 Å². The fraction of sp³-hybridized carbons (Fsp3) is 0.800. The zero-order valence-corrected chi connectivity index (χ0v) is 9.93. The third-order valence-electron chi connectivity index (χ3n) is 1.96. The molecule has 0 rings (SSSR count). The lowest BCUT2D eigenvalue weighted by Gasteiger charge is -2.20. The highest BCUT2D eigenvalue weighted by molar-refractivity contribution is 8.14. The molecule has 1 N–H and O–H groups in total. The summed E-state index contributed by atoms with van der Waals surface area (Å²) in [6.45, 7) is 7.24. The molecule has 2 atom stereocenters. The van der Waals surface area contributed by atoms with Crippen LogP contribution in [0.15, 0.2) is 0 Å². The van der Waals surface area contributed by atoms with Crippen LogP contribution in [0.25, 0.3) is 0 Å². The second-order valence-electron chi connectivity index (χ2n) is 3.89. The molecule has 0 spiro atoms. The van der Waals surface area contributed by atoms with Gasteiger partial charge in [0.05, 0.1) is 5.92 Å². The Morgan fingerprint density at radius 3 is 2.07 bits per heavy atom. The van der Waals surface area contributed by atoms with E-state index in [0.717, 1.165) is 11.8 Å². The number of aliphatic carboxylic acids is 1. The van der Waals surface area contributed by atoms with Crippen molar-refractivity contribution in [1.82, 2.24) is 0 Å². The van der Waals surface area contributed by atoms with E-state index in [2.05, 4.69) is 0 Å². The van der Waals surface area contributed by atoms with Gasteiger partial charge in [-0.2, -0.15) is 0 Å². The van der Waals surface area contributed by atoms with Crippen molar-refractivity contribution in [3.8, 4) is 0 Å². The van der Waals surface area contributed by atoms with Crippen LogP contribution in [-0.2, 0) is 9.59 Å². The zero-order valence-electron chi connectivity index (χ0n) is 9.11. The Bertz CT molecular complexity index is 213. The standard InChI is InChI=1S/C10H18O3S/c1-6(2)5-9(10(12)13)7(3)14-8(4)11/h6-7,9H,5H2,1-4H3,(H,12,13)/t7-,9?/m0/s1. The molecule has 0 amide bonds. The molecule has 82 valence electrons. The molecule has 4 heteroatoms. The van der Waals surface area contributed by atoms with E-state index in [1.54, 1.807) is 6.92 Å². The summed E-state index contributed by atoms with van der Waals surface area (Å²) in [5.74, 6) is -0.894. The van der Waals surface area contributed by atoms with Crippen LogP contribution in [0.5, 0.6) is 0 Å². The van der Waals surface area contributed by atoms with Crippen molar-refractivity contribution in [3.63, 3.8) is 0 Å². The van der Waals surface area contributed by atoms with Gasteiger partial charge in [-0.1, -0.05) is 32.5 Å². The van der Waals surface area contributed by atoms with E-state index in [1.807, 2.05) is 13.8 Å². The lowest BCUT2D eigenvalue weighted by Crippen LogP contribution is -2.25. The molecule has 0 aromatic carbocycles. The first-order valence-corrected chi connectivity index (χ1v) is 5.62. The van der Waals surface area contributed by atoms with E-state index in [-0.39, 0.29) is 10.4 Å². The van der Waals surface area contributed by atoms with Crippen molar-refractivity contribution in [2.75, 3.05) is 0 Å². The van der Waals surface area contributed by atoms with Gasteiger partial charge in [0.1, 0.15) is 0 Å². The Kier molecular flexibility index (Phi) is 5.84. The smallest absolute Gasteiger partial charge is 0.307 e. The van der Waals surface area contributed by atoms with Crippen LogP contribution in [0, 0.1) is 11.8 Å². The summed E-state index contributed by atoms with van der Waals surface area (Å²) in [5, 5.41) is 8.81. The summed E-state index contributed by atoms with van der Waals surface area (Å²) >= 11 is 1.11. The molecule has 14 heavy (non-hydrogen) atoms. The van der Waals surface area contributed by atoms with Crippen LogP contribution in [-0.4, -0.2) is 21.4 Å². The van der Waals surface area contributed by atoms with Gasteiger partial charge in [0, 0.05) is 12.2 Å². The first-order valence-electron chi connectivity index (χ1n) is 4.74. The lowest BCUT2D eigenvalue weighted by atomic mass is 9.95. The molecule has 0 radical (unpaired) electrons. The molecule has 0 fully saturated rings. The third kappa shape index (κ3) is 5.27. The monoisotopic (exact) mass is 218 g/mol. The fourth-order valence-electron chi connectivity index (χ4n) is 1.35. The van der Waals surface area contributed by atoms with Crippen molar-refractivity contribution in [2.45, 2.75) is 39.4 Å². The van der Waals surface area contributed by atoms with E-state index in [4.69, 9.17) is 5.11 Å². The van der Waals surface area contributed by atoms with Crippen LogP contribution < -0.4 is 0 Å². The molecule has 0 aliphatic heterocycles. The van der Waals surface area contributed by atoms with E-state index in [9.17, 15) is 9.59 Å². The molecule has 0 saturated heterocycles. The minimum absolute atomic E-state index is 0.0208. The predicted molar refractivity (Wildman–Crippen MR) is 58.3 cm³/mol. The average Bonchev–Trinajstić information content (AvgIpc) is 1.97. The fourth-order valence-corrected chi connectivity index (χ4v) is 2.26. The molecule has 0 aliphatic carbocycles. The SMILES string of the molecule is CC(=O)S[C@@H](C)C(CC(C)C)C(=O)O. The average molecular weight is 218 g/mol. The van der Waals surface area contributed by atoms with Gasteiger partial charge in [0.25, 0.3) is 0 Å². The number of carboxylic acids is 1. The summed E-state index contributed by atoms with van der Waals surface area (Å²) in [6, 6.07) is 0. The number of thioether (sulfide) groups is 1. The van der Waals surface area contributed by atoms with Crippen LogP contribution >= 0.6 is 11.8 Å². The molecular formula is C10H18O3S. The number of carbonyl (C=O) groups is 2. The van der Waals surface area contributed by atoms with Crippen LogP contribution in [0.3, 0.4) is 0 Å². The van der Waals surface area contributed by atoms with Crippen LogP contribution in [0.2, 0.25) is 0 Å². The molecule has 0 saturated carbocycles. The van der Waals surface area contributed by atoms with E-state index >= 15 is 0 Å². The molecular weight excluding hydrogens is 200 g/mol. The third-order valence-corrected chi connectivity index (χ3v) is 2.99. The van der Waals surface area contributed by atoms with Crippen molar-refractivity contribution < 1.29 is 14.7 Å². The summed E-state index contributed by atoms with van der Waals surface area (Å²) in [7, 11) is 0. The normalized spacial score (nSPS) is 15.2. The van der Waals surface area contributed by atoms with Crippen molar-refractivity contribution in [3.05, 3.63) is 0 Å². The van der Waals surface area contributed by atoms with Gasteiger partial charge in [-0.3, -0.25) is 9.59 Å². The largest absolute Gasteiger partial charge is 0.481 e.